The molecule has 0 spiro atoms. The van der Waals surface area contributed by atoms with E-state index in [0.29, 0.717) is 12.1 Å². The monoisotopic (exact) mass is 285 g/mol. The van der Waals surface area contributed by atoms with Crippen molar-refractivity contribution in [2.24, 2.45) is 0 Å². The fourth-order valence-corrected chi connectivity index (χ4v) is 3.16. The maximum absolute atomic E-state index is 5.56. The third-order valence-electron chi connectivity index (χ3n) is 4.30. The minimum atomic E-state index is 0.303. The summed E-state index contributed by atoms with van der Waals surface area (Å²) in [5.41, 5.74) is 2.72. The number of aromatic nitrogens is 2. The topological polar surface area (TPSA) is 41.1 Å². The van der Waals surface area contributed by atoms with Gasteiger partial charge < -0.3 is 9.72 Å². The van der Waals surface area contributed by atoms with Crippen molar-refractivity contribution in [2.45, 2.75) is 31.9 Å². The Kier molecular flexibility index (Phi) is 4.36. The first kappa shape index (κ1) is 14.3. The molecule has 0 unspecified atom stereocenters. The van der Waals surface area contributed by atoms with Crippen molar-refractivity contribution in [1.82, 2.24) is 14.9 Å². The highest BCUT2D eigenvalue weighted by Gasteiger charge is 2.34. The molecule has 3 rings (SSSR count). The number of rotatable bonds is 5. The van der Waals surface area contributed by atoms with E-state index >= 15 is 0 Å². The second kappa shape index (κ2) is 6.41. The van der Waals surface area contributed by atoms with E-state index in [4.69, 9.17) is 4.74 Å². The Morgan fingerprint density at radius 2 is 2.33 bits per heavy atom. The number of ether oxygens (including phenoxy) is 1. The van der Waals surface area contributed by atoms with Crippen LogP contribution in [0.15, 0.2) is 36.7 Å². The van der Waals surface area contributed by atoms with Crippen LogP contribution in [0.4, 0.5) is 0 Å². The van der Waals surface area contributed by atoms with Crippen molar-refractivity contribution in [2.75, 3.05) is 20.2 Å². The van der Waals surface area contributed by atoms with Crippen molar-refractivity contribution in [3.63, 3.8) is 0 Å². The fourth-order valence-electron chi connectivity index (χ4n) is 3.16. The molecule has 1 saturated heterocycles. The van der Waals surface area contributed by atoms with Crippen LogP contribution in [0.25, 0.3) is 0 Å². The van der Waals surface area contributed by atoms with Crippen LogP contribution in [0.1, 0.15) is 29.4 Å². The van der Waals surface area contributed by atoms with E-state index in [9.17, 15) is 0 Å². The number of hydrogen-bond donors (Lipinski definition) is 1. The lowest BCUT2D eigenvalue weighted by atomic mass is 10.1. The molecular formula is C17H23N3O. The average Bonchev–Trinajstić information content (AvgIpc) is 3.14. The number of methoxy groups -OCH3 is 1. The molecule has 2 aromatic rings. The number of hydrogen-bond acceptors (Lipinski definition) is 3. The van der Waals surface area contributed by atoms with Crippen LogP contribution in [-0.4, -0.2) is 41.2 Å². The van der Waals surface area contributed by atoms with Gasteiger partial charge in [-0.25, -0.2) is 4.98 Å². The van der Waals surface area contributed by atoms with Crippen LogP contribution < -0.4 is 0 Å². The highest BCUT2D eigenvalue weighted by molar-refractivity contribution is 5.22. The number of nitrogens with zero attached hydrogens (tertiary/aromatic N) is 2. The summed E-state index contributed by atoms with van der Waals surface area (Å²) in [4.78, 5) is 10.2. The lowest BCUT2D eigenvalue weighted by molar-refractivity contribution is 0.108. The van der Waals surface area contributed by atoms with Gasteiger partial charge in [0.15, 0.2) is 0 Å². The zero-order valence-corrected chi connectivity index (χ0v) is 12.7. The zero-order valence-electron chi connectivity index (χ0n) is 12.7. The van der Waals surface area contributed by atoms with Gasteiger partial charge in [0, 0.05) is 32.6 Å². The Bertz CT molecular complexity index is 567. The van der Waals surface area contributed by atoms with E-state index < -0.39 is 0 Å². The SMILES string of the molecule is CO[C@@H]1C[C@@H](c2ncc[nH]2)N(CCc2cccc(C)c2)C1. The van der Waals surface area contributed by atoms with Gasteiger partial charge in [0.1, 0.15) is 5.82 Å². The molecule has 1 aromatic carbocycles. The predicted molar refractivity (Wildman–Crippen MR) is 83.2 cm³/mol. The maximum Gasteiger partial charge on any atom is 0.123 e. The van der Waals surface area contributed by atoms with Gasteiger partial charge in [0.2, 0.25) is 0 Å². The van der Waals surface area contributed by atoms with Gasteiger partial charge in [-0.2, -0.15) is 0 Å². The van der Waals surface area contributed by atoms with E-state index in [1.54, 1.807) is 7.11 Å². The first-order chi connectivity index (χ1) is 10.3. The summed E-state index contributed by atoms with van der Waals surface area (Å²) >= 11 is 0. The summed E-state index contributed by atoms with van der Waals surface area (Å²) in [6.07, 6.45) is 6.10. The molecule has 0 bridgehead atoms. The molecule has 1 N–H and O–H groups in total. The van der Waals surface area contributed by atoms with E-state index in [-0.39, 0.29) is 0 Å². The van der Waals surface area contributed by atoms with Gasteiger partial charge in [0.25, 0.3) is 0 Å². The van der Waals surface area contributed by atoms with Crippen molar-refractivity contribution < 1.29 is 4.74 Å². The number of nitrogens with one attached hydrogen (secondary N) is 1. The standard InChI is InChI=1S/C17H23N3O/c1-13-4-3-5-14(10-13)6-9-20-12-15(21-2)11-16(20)17-18-7-8-19-17/h3-5,7-8,10,15-16H,6,9,11-12H2,1-2H3,(H,18,19)/t15-,16+/m1/s1. The molecule has 1 aromatic heterocycles. The molecule has 2 atom stereocenters. The van der Waals surface area contributed by atoms with Crippen LogP contribution >= 0.6 is 0 Å². The summed E-state index contributed by atoms with van der Waals surface area (Å²) in [6.45, 7) is 4.16. The molecule has 112 valence electrons. The lowest BCUT2D eigenvalue weighted by Crippen LogP contribution is -2.28. The summed E-state index contributed by atoms with van der Waals surface area (Å²) < 4.78 is 5.56. The van der Waals surface area contributed by atoms with Crippen LogP contribution in [0.5, 0.6) is 0 Å². The Morgan fingerprint density at radius 1 is 1.43 bits per heavy atom. The second-order valence-electron chi connectivity index (χ2n) is 5.82. The molecular weight excluding hydrogens is 262 g/mol. The first-order valence-electron chi connectivity index (χ1n) is 7.58. The van der Waals surface area contributed by atoms with E-state index in [1.165, 1.54) is 11.1 Å². The minimum Gasteiger partial charge on any atom is -0.380 e. The normalized spacial score (nSPS) is 22.8. The third kappa shape index (κ3) is 3.34. The summed E-state index contributed by atoms with van der Waals surface area (Å²) in [7, 11) is 1.80. The number of likely N-dealkylation sites (tertiary alicyclic amines) is 1. The molecule has 1 fully saturated rings. The van der Waals surface area contributed by atoms with Gasteiger partial charge in [0.05, 0.1) is 12.1 Å². The van der Waals surface area contributed by atoms with Crippen molar-refractivity contribution >= 4 is 0 Å². The van der Waals surface area contributed by atoms with E-state index in [0.717, 1.165) is 31.8 Å². The molecule has 0 amide bonds. The molecule has 1 aliphatic rings. The Morgan fingerprint density at radius 3 is 3.05 bits per heavy atom. The van der Waals surface area contributed by atoms with Crippen molar-refractivity contribution in [3.05, 3.63) is 53.6 Å². The van der Waals surface area contributed by atoms with Gasteiger partial charge in [-0.1, -0.05) is 29.8 Å². The smallest absolute Gasteiger partial charge is 0.123 e. The Balaban J connectivity index is 1.67. The second-order valence-corrected chi connectivity index (χ2v) is 5.82. The minimum absolute atomic E-state index is 0.303. The number of H-pyrrole nitrogens is 1. The number of aromatic amines is 1. The van der Waals surface area contributed by atoms with Crippen LogP contribution in [-0.2, 0) is 11.2 Å². The molecule has 2 heterocycles. The molecule has 0 aliphatic carbocycles. The predicted octanol–water partition coefficient (Wildman–Crippen LogP) is 2.72. The van der Waals surface area contributed by atoms with Crippen LogP contribution in [0.3, 0.4) is 0 Å². The van der Waals surface area contributed by atoms with Gasteiger partial charge in [-0.15, -0.1) is 0 Å². The Hall–Kier alpha value is -1.65. The summed E-state index contributed by atoms with van der Waals surface area (Å²) in [5.74, 6) is 1.05. The fraction of sp³-hybridized carbons (Fsp3) is 0.471. The highest BCUT2D eigenvalue weighted by Crippen LogP contribution is 2.31. The zero-order chi connectivity index (χ0) is 14.7. The molecule has 0 saturated carbocycles. The quantitative estimate of drug-likeness (QED) is 0.918. The number of benzene rings is 1. The van der Waals surface area contributed by atoms with E-state index in [2.05, 4.69) is 46.1 Å². The number of imidazole rings is 1. The number of aryl methyl sites for hydroxylation is 1. The Labute approximate surface area is 126 Å². The summed E-state index contributed by atoms with van der Waals surface area (Å²) in [5, 5.41) is 0. The van der Waals surface area contributed by atoms with Gasteiger partial charge in [-0.05, 0) is 25.3 Å². The largest absolute Gasteiger partial charge is 0.380 e. The highest BCUT2D eigenvalue weighted by atomic mass is 16.5. The van der Waals surface area contributed by atoms with Gasteiger partial charge >= 0.3 is 0 Å². The van der Waals surface area contributed by atoms with E-state index in [1.807, 2.05) is 12.4 Å². The molecule has 4 nitrogen and oxygen atoms in total. The lowest BCUT2D eigenvalue weighted by Gasteiger charge is -2.22. The van der Waals surface area contributed by atoms with Crippen LogP contribution in [0, 0.1) is 6.92 Å². The molecule has 1 aliphatic heterocycles. The van der Waals surface area contributed by atoms with Crippen LogP contribution in [0.2, 0.25) is 0 Å². The molecule has 21 heavy (non-hydrogen) atoms. The van der Waals surface area contributed by atoms with Crippen molar-refractivity contribution in [1.29, 1.82) is 0 Å². The summed E-state index contributed by atoms with van der Waals surface area (Å²) in [6, 6.07) is 9.10. The maximum atomic E-state index is 5.56. The van der Waals surface area contributed by atoms with Crippen molar-refractivity contribution in [3.8, 4) is 0 Å². The first-order valence-corrected chi connectivity index (χ1v) is 7.58. The molecule has 4 heteroatoms. The third-order valence-corrected chi connectivity index (χ3v) is 4.30. The average molecular weight is 285 g/mol. The van der Waals surface area contributed by atoms with Gasteiger partial charge in [-0.3, -0.25) is 4.90 Å². The molecule has 0 radical (unpaired) electrons.